The summed E-state index contributed by atoms with van der Waals surface area (Å²) in [5.74, 6) is 0. The maximum absolute atomic E-state index is 9.58. The van der Waals surface area contributed by atoms with Gasteiger partial charge >= 0.3 is 0 Å². The Morgan fingerprint density at radius 3 is 2.58 bits per heavy atom. The number of aliphatic hydroxyl groups excluding tert-OH is 1. The van der Waals surface area contributed by atoms with Gasteiger partial charge in [-0.05, 0) is 28.9 Å². The van der Waals surface area contributed by atoms with Gasteiger partial charge in [0, 0.05) is 24.8 Å². The molecule has 2 atom stereocenters. The Morgan fingerprint density at radius 2 is 2.25 bits per heavy atom. The topological polar surface area (TPSA) is 51.2 Å². The molecule has 2 unspecified atom stereocenters. The molecule has 4 heteroatoms. The minimum Gasteiger partial charge on any atom is -0.387 e. The van der Waals surface area contributed by atoms with E-state index in [9.17, 15) is 5.11 Å². The van der Waals surface area contributed by atoms with Crippen LogP contribution in [0.4, 0.5) is 0 Å². The molecule has 0 aliphatic rings. The van der Waals surface area contributed by atoms with E-state index in [0.717, 1.165) is 10.2 Å². The smallest absolute Gasteiger partial charge is 0.0953 e. The quantitative estimate of drug-likeness (QED) is 0.805. The fraction of sp³-hybridized carbons (Fsp3) is 0.500. The standard InChI is InChI=1S/C8H13BrN2O/c1-5(10)8(12)6-3-7(9)11(2)4-6/h3-5,8,12H,10H2,1-2H3. The summed E-state index contributed by atoms with van der Waals surface area (Å²) in [7, 11) is 1.90. The van der Waals surface area contributed by atoms with E-state index in [1.54, 1.807) is 6.92 Å². The Balaban J connectivity index is 2.89. The number of nitrogens with zero attached hydrogens (tertiary/aromatic N) is 1. The lowest BCUT2D eigenvalue weighted by Gasteiger charge is -2.11. The van der Waals surface area contributed by atoms with Gasteiger partial charge in [-0.15, -0.1) is 0 Å². The molecule has 0 spiro atoms. The SMILES string of the molecule is CC(N)C(O)c1cc(Br)n(C)c1. The lowest BCUT2D eigenvalue weighted by Crippen LogP contribution is -2.23. The van der Waals surface area contributed by atoms with E-state index in [4.69, 9.17) is 5.73 Å². The molecule has 3 nitrogen and oxygen atoms in total. The zero-order chi connectivity index (χ0) is 9.30. The van der Waals surface area contributed by atoms with Crippen molar-refractivity contribution in [2.24, 2.45) is 12.8 Å². The van der Waals surface area contributed by atoms with Gasteiger partial charge in [-0.25, -0.2) is 0 Å². The zero-order valence-electron chi connectivity index (χ0n) is 7.16. The molecule has 0 fully saturated rings. The lowest BCUT2D eigenvalue weighted by atomic mass is 10.1. The number of aryl methyl sites for hydroxylation is 1. The highest BCUT2D eigenvalue weighted by Gasteiger charge is 2.14. The summed E-state index contributed by atoms with van der Waals surface area (Å²) in [6, 6.07) is 1.63. The monoisotopic (exact) mass is 232 g/mol. The molecule has 1 heterocycles. The molecule has 68 valence electrons. The van der Waals surface area contributed by atoms with Crippen molar-refractivity contribution in [1.82, 2.24) is 4.57 Å². The predicted octanol–water partition coefficient (Wildman–Crippen LogP) is 1.17. The summed E-state index contributed by atoms with van der Waals surface area (Å²) >= 11 is 3.34. The van der Waals surface area contributed by atoms with Gasteiger partial charge in [0.25, 0.3) is 0 Å². The minimum absolute atomic E-state index is 0.237. The fourth-order valence-electron chi connectivity index (χ4n) is 1.03. The van der Waals surface area contributed by atoms with Gasteiger partial charge in [0.05, 0.1) is 10.7 Å². The van der Waals surface area contributed by atoms with Crippen LogP contribution in [0.2, 0.25) is 0 Å². The van der Waals surface area contributed by atoms with Gasteiger partial charge in [-0.1, -0.05) is 0 Å². The summed E-state index contributed by atoms with van der Waals surface area (Å²) in [5, 5.41) is 9.58. The van der Waals surface area contributed by atoms with Crippen LogP contribution in [0.3, 0.4) is 0 Å². The maximum Gasteiger partial charge on any atom is 0.0953 e. The molecule has 3 N–H and O–H groups in total. The second-order valence-corrected chi connectivity index (χ2v) is 3.82. The summed E-state index contributed by atoms with van der Waals surface area (Å²) < 4.78 is 2.83. The van der Waals surface area contributed by atoms with E-state index in [-0.39, 0.29) is 6.04 Å². The van der Waals surface area contributed by atoms with Crippen LogP contribution in [0.5, 0.6) is 0 Å². The molecule has 12 heavy (non-hydrogen) atoms. The molecule has 0 amide bonds. The van der Waals surface area contributed by atoms with Crippen LogP contribution in [0.1, 0.15) is 18.6 Å². The number of halogens is 1. The van der Waals surface area contributed by atoms with Gasteiger partial charge < -0.3 is 15.4 Å². The summed E-state index contributed by atoms with van der Waals surface area (Å²) in [5.41, 5.74) is 6.40. The molecule has 1 aromatic heterocycles. The molecule has 0 radical (unpaired) electrons. The van der Waals surface area contributed by atoms with Gasteiger partial charge in [0.15, 0.2) is 0 Å². The first-order valence-electron chi connectivity index (χ1n) is 3.77. The second kappa shape index (κ2) is 3.60. The average molecular weight is 233 g/mol. The first-order chi connectivity index (χ1) is 5.52. The minimum atomic E-state index is -0.581. The van der Waals surface area contributed by atoms with Crippen molar-refractivity contribution in [1.29, 1.82) is 0 Å². The molecular formula is C8H13BrN2O. The molecular weight excluding hydrogens is 220 g/mol. The highest BCUT2D eigenvalue weighted by Crippen LogP contribution is 2.21. The number of aromatic nitrogens is 1. The number of rotatable bonds is 2. The summed E-state index contributed by atoms with van der Waals surface area (Å²) in [6.45, 7) is 1.78. The van der Waals surface area contributed by atoms with E-state index in [0.29, 0.717) is 0 Å². The van der Waals surface area contributed by atoms with E-state index < -0.39 is 6.10 Å². The van der Waals surface area contributed by atoms with E-state index >= 15 is 0 Å². The molecule has 1 rings (SSSR count). The summed E-state index contributed by atoms with van der Waals surface area (Å²) in [4.78, 5) is 0. The molecule has 0 bridgehead atoms. The maximum atomic E-state index is 9.58. The van der Waals surface area contributed by atoms with Crippen LogP contribution >= 0.6 is 15.9 Å². The highest BCUT2D eigenvalue weighted by molar-refractivity contribution is 9.10. The highest BCUT2D eigenvalue weighted by atomic mass is 79.9. The Kier molecular flexibility index (Phi) is 2.93. The average Bonchev–Trinajstić information content (AvgIpc) is 2.30. The van der Waals surface area contributed by atoms with Gasteiger partial charge in [-0.2, -0.15) is 0 Å². The van der Waals surface area contributed by atoms with E-state index in [2.05, 4.69) is 15.9 Å². The van der Waals surface area contributed by atoms with Crippen LogP contribution in [0.15, 0.2) is 16.9 Å². The van der Waals surface area contributed by atoms with Gasteiger partial charge in [0.2, 0.25) is 0 Å². The van der Waals surface area contributed by atoms with E-state index in [1.165, 1.54) is 0 Å². The van der Waals surface area contributed by atoms with Crippen LogP contribution < -0.4 is 5.73 Å². The van der Waals surface area contributed by atoms with E-state index in [1.807, 2.05) is 23.9 Å². The van der Waals surface area contributed by atoms with Crippen LogP contribution in [0, 0.1) is 0 Å². The van der Waals surface area contributed by atoms with Crippen molar-refractivity contribution in [3.63, 3.8) is 0 Å². The Hall–Kier alpha value is -0.320. The Labute approximate surface area is 80.3 Å². The number of hydrogen-bond acceptors (Lipinski definition) is 2. The second-order valence-electron chi connectivity index (χ2n) is 3.01. The Morgan fingerprint density at radius 1 is 1.67 bits per heavy atom. The molecule has 0 saturated heterocycles. The predicted molar refractivity (Wildman–Crippen MR) is 51.7 cm³/mol. The molecule has 0 aliphatic carbocycles. The first-order valence-corrected chi connectivity index (χ1v) is 4.57. The third-order valence-corrected chi connectivity index (χ3v) is 2.59. The van der Waals surface area contributed by atoms with Gasteiger partial charge in [0.1, 0.15) is 0 Å². The van der Waals surface area contributed by atoms with Gasteiger partial charge in [-0.3, -0.25) is 0 Å². The first kappa shape index (κ1) is 9.77. The fourth-order valence-corrected chi connectivity index (χ4v) is 1.39. The number of aliphatic hydroxyl groups is 1. The van der Waals surface area contributed by atoms with Crippen LogP contribution in [-0.2, 0) is 7.05 Å². The normalized spacial score (nSPS) is 16.1. The van der Waals surface area contributed by atoms with Crippen molar-refractivity contribution >= 4 is 15.9 Å². The molecule has 0 saturated carbocycles. The molecule has 0 aliphatic heterocycles. The largest absolute Gasteiger partial charge is 0.387 e. The van der Waals surface area contributed by atoms with Crippen molar-refractivity contribution in [2.75, 3.05) is 0 Å². The number of nitrogens with two attached hydrogens (primary N) is 1. The summed E-state index contributed by atoms with van der Waals surface area (Å²) in [6.07, 6.45) is 1.28. The van der Waals surface area contributed by atoms with Crippen molar-refractivity contribution in [2.45, 2.75) is 19.1 Å². The third-order valence-electron chi connectivity index (χ3n) is 1.80. The van der Waals surface area contributed by atoms with Crippen molar-refractivity contribution in [3.8, 4) is 0 Å². The van der Waals surface area contributed by atoms with Crippen LogP contribution in [0.25, 0.3) is 0 Å². The number of hydrogen-bond donors (Lipinski definition) is 2. The van der Waals surface area contributed by atoms with Crippen LogP contribution in [-0.4, -0.2) is 15.7 Å². The Bertz CT molecular complexity index is 251. The van der Waals surface area contributed by atoms with Crippen molar-refractivity contribution < 1.29 is 5.11 Å². The zero-order valence-corrected chi connectivity index (χ0v) is 8.75. The lowest BCUT2D eigenvalue weighted by molar-refractivity contribution is 0.153. The molecule has 1 aromatic rings. The van der Waals surface area contributed by atoms with Crippen molar-refractivity contribution in [3.05, 3.63) is 22.4 Å². The third kappa shape index (κ3) is 1.88. The molecule has 0 aromatic carbocycles.